The molecule has 0 aliphatic rings. The minimum atomic E-state index is -0.200. The summed E-state index contributed by atoms with van der Waals surface area (Å²) < 4.78 is 5.10. The fraction of sp³-hybridized carbons (Fsp3) is 0.588. The Kier molecular flexibility index (Phi) is 8.71. The molecule has 4 nitrogen and oxygen atoms in total. The maximum Gasteiger partial charge on any atom is 0.323 e. The predicted molar refractivity (Wildman–Crippen MR) is 86.4 cm³/mol. The van der Waals surface area contributed by atoms with E-state index in [-0.39, 0.29) is 12.0 Å². The number of nitrogens with zero attached hydrogens (tertiary/aromatic N) is 1. The van der Waals surface area contributed by atoms with Crippen LogP contribution in [0.3, 0.4) is 0 Å². The van der Waals surface area contributed by atoms with Gasteiger partial charge in [-0.25, -0.2) is 0 Å². The minimum Gasteiger partial charge on any atom is -0.465 e. The summed E-state index contributed by atoms with van der Waals surface area (Å²) in [4.78, 5) is 14.1. The van der Waals surface area contributed by atoms with Gasteiger partial charge < -0.3 is 15.0 Å². The van der Waals surface area contributed by atoms with Gasteiger partial charge in [0.25, 0.3) is 0 Å². The number of carbonyl (C=O) groups excluding carboxylic acids is 1. The molecular weight excluding hydrogens is 264 g/mol. The zero-order valence-corrected chi connectivity index (χ0v) is 13.5. The molecule has 1 aromatic carbocycles. The number of carbonyl (C=O) groups is 1. The van der Waals surface area contributed by atoms with E-state index in [1.54, 1.807) is 0 Å². The van der Waals surface area contributed by atoms with E-state index in [0.29, 0.717) is 6.61 Å². The molecule has 0 saturated heterocycles. The lowest BCUT2D eigenvalue weighted by Gasteiger charge is -2.21. The monoisotopic (exact) mass is 292 g/mol. The van der Waals surface area contributed by atoms with Crippen LogP contribution in [0.1, 0.15) is 25.8 Å². The van der Waals surface area contributed by atoms with Crippen molar-refractivity contribution >= 4 is 5.97 Å². The molecule has 0 spiro atoms. The molecular formula is C17H28N2O2. The maximum absolute atomic E-state index is 11.8. The first-order valence-electron chi connectivity index (χ1n) is 7.79. The van der Waals surface area contributed by atoms with Gasteiger partial charge in [-0.2, -0.15) is 0 Å². The highest BCUT2D eigenvalue weighted by molar-refractivity contribution is 5.75. The standard InChI is InChI=1S/C17H28N2O2/c1-4-18-16(17(20)21-5-2)12-14-19(3)13-11-15-9-7-6-8-10-15/h6-10,16,18H,4-5,11-14H2,1-3H3. The SMILES string of the molecule is CCNC(CCN(C)CCc1ccccc1)C(=O)OCC. The molecule has 118 valence electrons. The van der Waals surface area contributed by atoms with Crippen molar-refractivity contribution < 1.29 is 9.53 Å². The van der Waals surface area contributed by atoms with Crippen molar-refractivity contribution in [2.45, 2.75) is 32.7 Å². The molecule has 4 heteroatoms. The fourth-order valence-corrected chi connectivity index (χ4v) is 2.22. The van der Waals surface area contributed by atoms with E-state index in [2.05, 4.69) is 41.5 Å². The van der Waals surface area contributed by atoms with Gasteiger partial charge in [0.05, 0.1) is 6.61 Å². The Morgan fingerprint density at radius 2 is 1.95 bits per heavy atom. The van der Waals surface area contributed by atoms with Crippen LogP contribution in [0, 0.1) is 0 Å². The molecule has 0 saturated carbocycles. The number of esters is 1. The Morgan fingerprint density at radius 3 is 2.57 bits per heavy atom. The van der Waals surface area contributed by atoms with Crippen LogP contribution in [-0.2, 0) is 16.0 Å². The molecule has 0 aromatic heterocycles. The quantitative estimate of drug-likeness (QED) is 0.671. The van der Waals surface area contributed by atoms with Crippen LogP contribution in [0.25, 0.3) is 0 Å². The van der Waals surface area contributed by atoms with Gasteiger partial charge in [-0.1, -0.05) is 37.3 Å². The lowest BCUT2D eigenvalue weighted by atomic mass is 10.1. The van der Waals surface area contributed by atoms with E-state index in [0.717, 1.165) is 32.5 Å². The van der Waals surface area contributed by atoms with Crippen LogP contribution in [0.2, 0.25) is 0 Å². The van der Waals surface area contributed by atoms with Gasteiger partial charge in [-0.05, 0) is 45.5 Å². The third kappa shape index (κ3) is 7.25. The molecule has 21 heavy (non-hydrogen) atoms. The van der Waals surface area contributed by atoms with Crippen molar-refractivity contribution in [3.8, 4) is 0 Å². The molecule has 1 unspecified atom stereocenters. The number of hydrogen-bond donors (Lipinski definition) is 1. The summed E-state index contributed by atoms with van der Waals surface area (Å²) in [6.45, 7) is 6.93. The van der Waals surface area contributed by atoms with E-state index in [4.69, 9.17) is 4.74 Å². The lowest BCUT2D eigenvalue weighted by molar-refractivity contribution is -0.145. The number of rotatable bonds is 10. The summed E-state index contributed by atoms with van der Waals surface area (Å²) in [6.07, 6.45) is 1.81. The van der Waals surface area contributed by atoms with Crippen LogP contribution in [-0.4, -0.2) is 50.2 Å². The summed E-state index contributed by atoms with van der Waals surface area (Å²) in [5, 5.41) is 3.20. The average Bonchev–Trinajstić information content (AvgIpc) is 2.50. The van der Waals surface area contributed by atoms with Gasteiger partial charge >= 0.3 is 5.97 Å². The first-order valence-corrected chi connectivity index (χ1v) is 7.79. The summed E-state index contributed by atoms with van der Waals surface area (Å²) >= 11 is 0. The Balaban J connectivity index is 2.32. The average molecular weight is 292 g/mol. The van der Waals surface area contributed by atoms with E-state index in [9.17, 15) is 4.79 Å². The first kappa shape index (κ1) is 17.7. The highest BCUT2D eigenvalue weighted by atomic mass is 16.5. The van der Waals surface area contributed by atoms with Crippen molar-refractivity contribution in [3.05, 3.63) is 35.9 Å². The molecule has 1 aromatic rings. The van der Waals surface area contributed by atoms with Crippen LogP contribution < -0.4 is 5.32 Å². The Morgan fingerprint density at radius 1 is 1.24 bits per heavy atom. The molecule has 0 amide bonds. The van der Waals surface area contributed by atoms with Crippen molar-refractivity contribution in [1.82, 2.24) is 10.2 Å². The van der Waals surface area contributed by atoms with E-state index in [1.165, 1.54) is 5.56 Å². The van der Waals surface area contributed by atoms with Crippen molar-refractivity contribution in [3.63, 3.8) is 0 Å². The molecule has 0 fully saturated rings. The van der Waals surface area contributed by atoms with Gasteiger partial charge in [0.2, 0.25) is 0 Å². The van der Waals surface area contributed by atoms with E-state index in [1.807, 2.05) is 19.9 Å². The van der Waals surface area contributed by atoms with Gasteiger partial charge in [-0.15, -0.1) is 0 Å². The lowest BCUT2D eigenvalue weighted by Crippen LogP contribution is -2.40. The number of hydrogen-bond acceptors (Lipinski definition) is 4. The normalized spacial score (nSPS) is 12.4. The van der Waals surface area contributed by atoms with Crippen molar-refractivity contribution in [2.75, 3.05) is 33.3 Å². The molecule has 0 radical (unpaired) electrons. The molecule has 0 aliphatic carbocycles. The summed E-state index contributed by atoms with van der Waals surface area (Å²) in [5.74, 6) is -0.143. The fourth-order valence-electron chi connectivity index (χ4n) is 2.22. The number of nitrogens with one attached hydrogen (secondary N) is 1. The second kappa shape index (κ2) is 10.4. The van der Waals surface area contributed by atoms with E-state index < -0.39 is 0 Å². The van der Waals surface area contributed by atoms with Crippen molar-refractivity contribution in [2.24, 2.45) is 0 Å². The summed E-state index contributed by atoms with van der Waals surface area (Å²) in [5.41, 5.74) is 1.35. The second-order valence-corrected chi connectivity index (χ2v) is 5.19. The van der Waals surface area contributed by atoms with Crippen molar-refractivity contribution in [1.29, 1.82) is 0 Å². The van der Waals surface area contributed by atoms with Crippen LogP contribution in [0.15, 0.2) is 30.3 Å². The van der Waals surface area contributed by atoms with Crippen LogP contribution in [0.5, 0.6) is 0 Å². The largest absolute Gasteiger partial charge is 0.465 e. The first-order chi connectivity index (χ1) is 10.2. The van der Waals surface area contributed by atoms with Crippen LogP contribution >= 0.6 is 0 Å². The highest BCUT2D eigenvalue weighted by Crippen LogP contribution is 2.03. The Bertz CT molecular complexity index is 395. The molecule has 0 aliphatic heterocycles. The van der Waals surface area contributed by atoms with Gasteiger partial charge in [0.1, 0.15) is 6.04 Å². The second-order valence-electron chi connectivity index (χ2n) is 5.19. The third-order valence-electron chi connectivity index (χ3n) is 3.45. The van der Waals surface area contributed by atoms with Gasteiger partial charge in [-0.3, -0.25) is 4.79 Å². The third-order valence-corrected chi connectivity index (χ3v) is 3.45. The summed E-state index contributed by atoms with van der Waals surface area (Å²) in [6, 6.07) is 10.3. The number of ether oxygens (including phenoxy) is 1. The predicted octanol–water partition coefficient (Wildman–Crippen LogP) is 2.09. The zero-order valence-electron chi connectivity index (χ0n) is 13.5. The Hall–Kier alpha value is -1.39. The topological polar surface area (TPSA) is 41.6 Å². The Labute approximate surface area is 128 Å². The highest BCUT2D eigenvalue weighted by Gasteiger charge is 2.18. The molecule has 1 N–H and O–H groups in total. The maximum atomic E-state index is 11.8. The number of benzene rings is 1. The number of likely N-dealkylation sites (N-methyl/N-ethyl adjacent to an activating group) is 2. The molecule has 0 bridgehead atoms. The molecule has 1 atom stereocenters. The van der Waals surface area contributed by atoms with E-state index >= 15 is 0 Å². The van der Waals surface area contributed by atoms with Gasteiger partial charge in [0, 0.05) is 6.54 Å². The smallest absolute Gasteiger partial charge is 0.323 e. The minimum absolute atomic E-state index is 0.143. The summed E-state index contributed by atoms with van der Waals surface area (Å²) in [7, 11) is 2.09. The zero-order chi connectivity index (χ0) is 15.5. The molecule has 1 rings (SSSR count). The van der Waals surface area contributed by atoms with Crippen LogP contribution in [0.4, 0.5) is 0 Å². The van der Waals surface area contributed by atoms with Gasteiger partial charge in [0.15, 0.2) is 0 Å². The molecule has 0 heterocycles.